The SMILES string of the molecule is CCOC(=O)C(C)CC(Cc1ccccc1)NC(=O)c1cscn1. The molecule has 1 heterocycles. The van der Waals surface area contributed by atoms with Gasteiger partial charge in [-0.1, -0.05) is 37.3 Å². The van der Waals surface area contributed by atoms with Gasteiger partial charge in [0.15, 0.2) is 0 Å². The molecule has 0 aliphatic rings. The summed E-state index contributed by atoms with van der Waals surface area (Å²) in [6, 6.07) is 9.73. The summed E-state index contributed by atoms with van der Waals surface area (Å²) in [6.07, 6.45) is 1.17. The third-order valence-electron chi connectivity index (χ3n) is 3.65. The van der Waals surface area contributed by atoms with E-state index in [0.29, 0.717) is 25.1 Å². The van der Waals surface area contributed by atoms with Crippen LogP contribution in [0.5, 0.6) is 0 Å². The molecular weight excluding hydrogens is 324 g/mol. The van der Waals surface area contributed by atoms with Crippen LogP contribution >= 0.6 is 11.3 Å². The summed E-state index contributed by atoms with van der Waals surface area (Å²) in [7, 11) is 0. The number of hydrogen-bond acceptors (Lipinski definition) is 5. The molecule has 0 aliphatic carbocycles. The normalized spacial score (nSPS) is 13.1. The maximum absolute atomic E-state index is 12.3. The van der Waals surface area contributed by atoms with Crippen molar-refractivity contribution < 1.29 is 14.3 Å². The van der Waals surface area contributed by atoms with Crippen LogP contribution in [0.4, 0.5) is 0 Å². The van der Waals surface area contributed by atoms with E-state index >= 15 is 0 Å². The second-order valence-electron chi connectivity index (χ2n) is 5.62. The summed E-state index contributed by atoms with van der Waals surface area (Å²) in [5.74, 6) is -0.735. The Hall–Kier alpha value is -2.21. The lowest BCUT2D eigenvalue weighted by Crippen LogP contribution is -2.39. The minimum atomic E-state index is -0.283. The van der Waals surface area contributed by atoms with Gasteiger partial charge < -0.3 is 10.1 Å². The van der Waals surface area contributed by atoms with Gasteiger partial charge in [0.2, 0.25) is 0 Å². The minimum absolute atomic E-state index is 0.166. The monoisotopic (exact) mass is 346 g/mol. The molecule has 24 heavy (non-hydrogen) atoms. The topological polar surface area (TPSA) is 68.3 Å². The molecule has 1 aromatic heterocycles. The Balaban J connectivity index is 2.05. The van der Waals surface area contributed by atoms with Crippen molar-refractivity contribution in [3.05, 3.63) is 52.5 Å². The molecule has 0 aliphatic heterocycles. The lowest BCUT2D eigenvalue weighted by Gasteiger charge is -2.21. The maximum Gasteiger partial charge on any atom is 0.308 e. The van der Waals surface area contributed by atoms with E-state index < -0.39 is 0 Å². The number of ether oxygens (including phenoxy) is 1. The number of aromatic nitrogens is 1. The average Bonchev–Trinajstić information content (AvgIpc) is 3.10. The van der Waals surface area contributed by atoms with Gasteiger partial charge >= 0.3 is 5.97 Å². The Morgan fingerprint density at radius 2 is 2.04 bits per heavy atom. The number of rotatable bonds is 8. The quantitative estimate of drug-likeness (QED) is 0.746. The van der Waals surface area contributed by atoms with Crippen LogP contribution in [0.15, 0.2) is 41.2 Å². The van der Waals surface area contributed by atoms with E-state index in [1.807, 2.05) is 37.3 Å². The number of esters is 1. The smallest absolute Gasteiger partial charge is 0.308 e. The fourth-order valence-corrected chi connectivity index (χ4v) is 3.02. The zero-order valence-electron chi connectivity index (χ0n) is 13.9. The molecule has 0 saturated heterocycles. The molecule has 0 saturated carbocycles. The molecule has 1 N–H and O–H groups in total. The molecule has 6 heteroatoms. The van der Waals surface area contributed by atoms with Crippen LogP contribution in [-0.2, 0) is 16.0 Å². The van der Waals surface area contributed by atoms with Crippen LogP contribution < -0.4 is 5.32 Å². The highest BCUT2D eigenvalue weighted by molar-refractivity contribution is 7.07. The van der Waals surface area contributed by atoms with Crippen molar-refractivity contribution in [3.63, 3.8) is 0 Å². The second kappa shape index (κ2) is 9.17. The molecule has 1 aromatic carbocycles. The molecule has 1 amide bonds. The van der Waals surface area contributed by atoms with Crippen molar-refractivity contribution in [2.24, 2.45) is 5.92 Å². The molecule has 0 fully saturated rings. The Labute approximate surface area is 146 Å². The standard InChI is InChI=1S/C18H22N2O3S/c1-3-23-18(22)13(2)9-15(10-14-7-5-4-6-8-14)20-17(21)16-11-24-12-19-16/h4-8,11-13,15H,3,9-10H2,1-2H3,(H,20,21). The fourth-order valence-electron chi connectivity index (χ4n) is 2.48. The largest absolute Gasteiger partial charge is 0.466 e. The molecule has 2 unspecified atom stereocenters. The summed E-state index contributed by atoms with van der Waals surface area (Å²) in [6.45, 7) is 3.97. The van der Waals surface area contributed by atoms with Gasteiger partial charge in [0.1, 0.15) is 5.69 Å². The number of nitrogens with zero attached hydrogens (tertiary/aromatic N) is 1. The molecule has 0 bridgehead atoms. The minimum Gasteiger partial charge on any atom is -0.466 e. The Morgan fingerprint density at radius 1 is 1.29 bits per heavy atom. The van der Waals surface area contributed by atoms with E-state index in [1.54, 1.807) is 17.8 Å². The first-order valence-corrected chi connectivity index (χ1v) is 8.94. The molecule has 128 valence electrons. The van der Waals surface area contributed by atoms with Gasteiger partial charge in [-0.15, -0.1) is 11.3 Å². The summed E-state index contributed by atoms with van der Waals surface area (Å²) >= 11 is 1.38. The van der Waals surface area contributed by atoms with Crippen molar-refractivity contribution in [2.45, 2.75) is 32.7 Å². The van der Waals surface area contributed by atoms with E-state index in [2.05, 4.69) is 10.3 Å². The van der Waals surface area contributed by atoms with Gasteiger partial charge in [0.05, 0.1) is 18.0 Å². The van der Waals surface area contributed by atoms with Crippen LogP contribution in [0.3, 0.4) is 0 Å². The highest BCUT2D eigenvalue weighted by atomic mass is 32.1. The van der Waals surface area contributed by atoms with E-state index in [0.717, 1.165) is 5.56 Å². The van der Waals surface area contributed by atoms with Crippen molar-refractivity contribution in [1.82, 2.24) is 10.3 Å². The van der Waals surface area contributed by atoms with Crippen molar-refractivity contribution in [2.75, 3.05) is 6.61 Å². The number of nitrogens with one attached hydrogen (secondary N) is 1. The number of carbonyl (C=O) groups is 2. The number of amides is 1. The predicted octanol–water partition coefficient (Wildman–Crippen LogP) is 3.07. The van der Waals surface area contributed by atoms with Gasteiger partial charge in [-0.25, -0.2) is 4.98 Å². The van der Waals surface area contributed by atoms with Crippen molar-refractivity contribution in [1.29, 1.82) is 0 Å². The van der Waals surface area contributed by atoms with Crippen LogP contribution in [0.1, 0.15) is 36.3 Å². The zero-order valence-corrected chi connectivity index (χ0v) is 14.7. The van der Waals surface area contributed by atoms with Gasteiger partial charge in [-0.3, -0.25) is 9.59 Å². The van der Waals surface area contributed by atoms with E-state index in [9.17, 15) is 9.59 Å². The van der Waals surface area contributed by atoms with Gasteiger partial charge in [0, 0.05) is 11.4 Å². The lowest BCUT2D eigenvalue weighted by atomic mass is 9.96. The molecule has 0 spiro atoms. The Kier molecular flexibility index (Phi) is 6.93. The average molecular weight is 346 g/mol. The van der Waals surface area contributed by atoms with Gasteiger partial charge in [0.25, 0.3) is 5.91 Å². The highest BCUT2D eigenvalue weighted by Gasteiger charge is 2.22. The molecule has 0 radical (unpaired) electrons. The van der Waals surface area contributed by atoms with Crippen LogP contribution in [0.2, 0.25) is 0 Å². The first kappa shape index (κ1) is 18.1. The summed E-state index contributed by atoms with van der Waals surface area (Å²) in [5.41, 5.74) is 3.14. The maximum atomic E-state index is 12.3. The molecule has 2 aromatic rings. The first-order valence-electron chi connectivity index (χ1n) is 7.99. The van der Waals surface area contributed by atoms with Gasteiger partial charge in [-0.2, -0.15) is 0 Å². The van der Waals surface area contributed by atoms with E-state index in [4.69, 9.17) is 4.74 Å². The van der Waals surface area contributed by atoms with Crippen LogP contribution in [-0.4, -0.2) is 29.5 Å². The molecule has 5 nitrogen and oxygen atoms in total. The summed E-state index contributed by atoms with van der Waals surface area (Å²) < 4.78 is 5.07. The van der Waals surface area contributed by atoms with Crippen molar-refractivity contribution in [3.8, 4) is 0 Å². The zero-order chi connectivity index (χ0) is 17.4. The number of benzene rings is 1. The summed E-state index contributed by atoms with van der Waals surface area (Å²) in [4.78, 5) is 28.2. The summed E-state index contributed by atoms with van der Waals surface area (Å²) in [5, 5.41) is 4.71. The lowest BCUT2D eigenvalue weighted by molar-refractivity contribution is -0.147. The van der Waals surface area contributed by atoms with E-state index in [1.165, 1.54) is 11.3 Å². The second-order valence-corrected chi connectivity index (χ2v) is 6.34. The fraction of sp³-hybridized carbons (Fsp3) is 0.389. The number of hydrogen-bond donors (Lipinski definition) is 1. The van der Waals surface area contributed by atoms with E-state index in [-0.39, 0.29) is 23.8 Å². The van der Waals surface area contributed by atoms with Crippen LogP contribution in [0, 0.1) is 5.92 Å². The molecular formula is C18H22N2O3S. The number of thiazole rings is 1. The Bertz CT molecular complexity index is 644. The van der Waals surface area contributed by atoms with Crippen molar-refractivity contribution >= 4 is 23.2 Å². The predicted molar refractivity (Wildman–Crippen MR) is 93.9 cm³/mol. The third-order valence-corrected chi connectivity index (χ3v) is 4.24. The van der Waals surface area contributed by atoms with Gasteiger partial charge in [-0.05, 0) is 25.3 Å². The molecule has 2 rings (SSSR count). The molecule has 2 atom stereocenters. The highest BCUT2D eigenvalue weighted by Crippen LogP contribution is 2.14. The Morgan fingerprint density at radius 3 is 2.67 bits per heavy atom. The third kappa shape index (κ3) is 5.45. The first-order chi connectivity index (χ1) is 11.6. The van der Waals surface area contributed by atoms with Crippen LogP contribution in [0.25, 0.3) is 0 Å². The number of carbonyl (C=O) groups excluding carboxylic acids is 2.